The summed E-state index contributed by atoms with van der Waals surface area (Å²) in [7, 11) is -0.410. The maximum absolute atomic E-state index is 11.4. The Morgan fingerprint density at radius 3 is 2.20 bits per heavy atom. The minimum Gasteiger partial charge on any atom is -0.399 e. The molecule has 0 spiro atoms. The zero-order valence-corrected chi connectivity index (χ0v) is 12.8. The maximum Gasteiger partial charge on any atom is 0.494 e. The van der Waals surface area contributed by atoms with E-state index in [4.69, 9.17) is 15.0 Å². The monoisotopic (exact) mass is 275 g/mol. The SMILES string of the molecule is CCc1cc(B2OC(C)(C)C(C)(C)O2)ccc1C(N)=O. The van der Waals surface area contributed by atoms with Crippen molar-refractivity contribution in [2.45, 2.75) is 52.2 Å². The average Bonchev–Trinajstić information content (AvgIpc) is 2.57. The highest BCUT2D eigenvalue weighted by Gasteiger charge is 2.51. The summed E-state index contributed by atoms with van der Waals surface area (Å²) in [5.41, 5.74) is 7.05. The van der Waals surface area contributed by atoms with Crippen LogP contribution in [0, 0.1) is 0 Å². The predicted octanol–water partition coefficient (Wildman–Crippen LogP) is 1.65. The Bertz CT molecular complexity index is 524. The molecule has 0 unspecified atom stereocenters. The molecule has 4 nitrogen and oxygen atoms in total. The van der Waals surface area contributed by atoms with Gasteiger partial charge in [-0.25, -0.2) is 0 Å². The molecule has 108 valence electrons. The molecule has 0 aliphatic carbocycles. The Labute approximate surface area is 120 Å². The number of carbonyl (C=O) groups excluding carboxylic acids is 1. The highest BCUT2D eigenvalue weighted by molar-refractivity contribution is 6.62. The topological polar surface area (TPSA) is 61.6 Å². The summed E-state index contributed by atoms with van der Waals surface area (Å²) in [6.45, 7) is 10.1. The Morgan fingerprint density at radius 2 is 1.75 bits per heavy atom. The van der Waals surface area contributed by atoms with Gasteiger partial charge in [-0.1, -0.05) is 19.1 Å². The number of hydrogen-bond donors (Lipinski definition) is 1. The van der Waals surface area contributed by atoms with E-state index in [2.05, 4.69) is 0 Å². The third-order valence-corrected chi connectivity index (χ3v) is 4.30. The van der Waals surface area contributed by atoms with Gasteiger partial charge in [0, 0.05) is 5.56 Å². The number of benzene rings is 1. The van der Waals surface area contributed by atoms with E-state index in [0.717, 1.165) is 17.4 Å². The molecule has 1 heterocycles. The lowest BCUT2D eigenvalue weighted by atomic mass is 9.77. The third-order valence-electron chi connectivity index (χ3n) is 4.30. The molecule has 5 heteroatoms. The lowest BCUT2D eigenvalue weighted by molar-refractivity contribution is 0.00578. The molecule has 1 saturated heterocycles. The molecular weight excluding hydrogens is 253 g/mol. The molecule has 1 amide bonds. The molecule has 1 aromatic carbocycles. The van der Waals surface area contributed by atoms with E-state index >= 15 is 0 Å². The molecule has 1 aliphatic heterocycles. The second-order valence-electron chi connectivity index (χ2n) is 6.22. The minimum atomic E-state index is -0.410. The fraction of sp³-hybridized carbons (Fsp3) is 0.533. The summed E-state index contributed by atoms with van der Waals surface area (Å²) in [6.07, 6.45) is 0.742. The summed E-state index contributed by atoms with van der Waals surface area (Å²) >= 11 is 0. The van der Waals surface area contributed by atoms with Crippen LogP contribution in [0.2, 0.25) is 0 Å². The predicted molar refractivity (Wildman–Crippen MR) is 80.1 cm³/mol. The van der Waals surface area contributed by atoms with Gasteiger partial charge in [0.2, 0.25) is 5.91 Å². The summed E-state index contributed by atoms with van der Waals surface area (Å²) in [4.78, 5) is 11.4. The highest BCUT2D eigenvalue weighted by atomic mass is 16.7. The van der Waals surface area contributed by atoms with Crippen LogP contribution >= 0.6 is 0 Å². The molecule has 0 saturated carbocycles. The van der Waals surface area contributed by atoms with Crippen LogP contribution in [0.25, 0.3) is 0 Å². The van der Waals surface area contributed by atoms with E-state index in [-0.39, 0.29) is 11.2 Å². The first-order chi connectivity index (χ1) is 9.18. The molecular formula is C15H22BNO3. The molecule has 2 N–H and O–H groups in total. The van der Waals surface area contributed by atoms with Crippen molar-refractivity contribution < 1.29 is 14.1 Å². The van der Waals surface area contributed by atoms with Gasteiger partial charge in [0.25, 0.3) is 0 Å². The van der Waals surface area contributed by atoms with E-state index in [1.165, 1.54) is 0 Å². The van der Waals surface area contributed by atoms with Crippen LogP contribution in [-0.2, 0) is 15.7 Å². The number of carbonyl (C=O) groups is 1. The van der Waals surface area contributed by atoms with E-state index in [1.54, 1.807) is 6.07 Å². The normalized spacial score (nSPS) is 20.1. The van der Waals surface area contributed by atoms with Crippen LogP contribution in [0.3, 0.4) is 0 Å². The van der Waals surface area contributed by atoms with Crippen molar-refractivity contribution in [2.24, 2.45) is 5.73 Å². The number of amides is 1. The van der Waals surface area contributed by atoms with Gasteiger partial charge < -0.3 is 15.0 Å². The van der Waals surface area contributed by atoms with E-state index in [1.807, 2.05) is 46.8 Å². The first-order valence-corrected chi connectivity index (χ1v) is 6.96. The molecule has 1 aromatic rings. The van der Waals surface area contributed by atoms with Gasteiger partial charge >= 0.3 is 7.12 Å². The number of aryl methyl sites for hydroxylation is 1. The average molecular weight is 275 g/mol. The Hall–Kier alpha value is -1.33. The van der Waals surface area contributed by atoms with E-state index in [0.29, 0.717) is 5.56 Å². The maximum atomic E-state index is 11.4. The van der Waals surface area contributed by atoms with Gasteiger partial charge in [0.05, 0.1) is 11.2 Å². The smallest absolute Gasteiger partial charge is 0.399 e. The quantitative estimate of drug-likeness (QED) is 0.853. The third kappa shape index (κ3) is 2.48. The zero-order valence-electron chi connectivity index (χ0n) is 12.8. The van der Waals surface area contributed by atoms with Crippen molar-refractivity contribution in [3.05, 3.63) is 29.3 Å². The summed E-state index contributed by atoms with van der Waals surface area (Å²) in [6, 6.07) is 5.55. The van der Waals surface area contributed by atoms with Gasteiger partial charge in [-0.05, 0) is 51.2 Å². The van der Waals surface area contributed by atoms with Crippen LogP contribution in [0.4, 0.5) is 0 Å². The van der Waals surface area contributed by atoms with Crippen molar-refractivity contribution in [3.63, 3.8) is 0 Å². The summed E-state index contributed by atoms with van der Waals surface area (Å²) in [5, 5.41) is 0. The van der Waals surface area contributed by atoms with Crippen LogP contribution in [0.5, 0.6) is 0 Å². The molecule has 1 aliphatic rings. The molecule has 1 fully saturated rings. The second-order valence-corrected chi connectivity index (χ2v) is 6.22. The molecule has 0 bridgehead atoms. The van der Waals surface area contributed by atoms with Crippen LogP contribution in [0.15, 0.2) is 18.2 Å². The first-order valence-electron chi connectivity index (χ1n) is 6.96. The second kappa shape index (κ2) is 4.90. The minimum absolute atomic E-state index is 0.369. The molecule has 0 atom stereocenters. The lowest BCUT2D eigenvalue weighted by Crippen LogP contribution is -2.41. The highest BCUT2D eigenvalue weighted by Crippen LogP contribution is 2.36. The molecule has 20 heavy (non-hydrogen) atoms. The van der Waals surface area contributed by atoms with Crippen molar-refractivity contribution in [1.29, 1.82) is 0 Å². The molecule has 0 radical (unpaired) electrons. The van der Waals surface area contributed by atoms with Gasteiger partial charge in [-0.15, -0.1) is 0 Å². The van der Waals surface area contributed by atoms with Crippen molar-refractivity contribution in [1.82, 2.24) is 0 Å². The Balaban J connectivity index is 2.34. The number of hydrogen-bond acceptors (Lipinski definition) is 3. The Morgan fingerprint density at radius 1 is 1.20 bits per heavy atom. The standard InChI is InChI=1S/C15H22BNO3/c1-6-10-9-11(7-8-12(10)13(17)18)16-19-14(2,3)15(4,5)20-16/h7-9H,6H2,1-5H3,(H2,17,18). The number of primary amides is 1. The van der Waals surface area contributed by atoms with Crippen LogP contribution < -0.4 is 11.2 Å². The van der Waals surface area contributed by atoms with E-state index in [9.17, 15) is 4.79 Å². The lowest BCUT2D eigenvalue weighted by Gasteiger charge is -2.32. The van der Waals surface area contributed by atoms with Gasteiger partial charge in [-0.3, -0.25) is 4.79 Å². The van der Waals surface area contributed by atoms with E-state index < -0.39 is 13.0 Å². The fourth-order valence-corrected chi connectivity index (χ4v) is 2.27. The van der Waals surface area contributed by atoms with Crippen molar-refractivity contribution >= 4 is 18.5 Å². The van der Waals surface area contributed by atoms with Crippen LogP contribution in [-0.4, -0.2) is 24.2 Å². The first kappa shape index (κ1) is 15.1. The number of rotatable bonds is 3. The van der Waals surface area contributed by atoms with Gasteiger partial charge in [0.15, 0.2) is 0 Å². The largest absolute Gasteiger partial charge is 0.494 e. The van der Waals surface area contributed by atoms with Gasteiger partial charge in [0.1, 0.15) is 0 Å². The Kier molecular flexibility index (Phi) is 3.69. The van der Waals surface area contributed by atoms with Crippen LogP contribution in [0.1, 0.15) is 50.5 Å². The van der Waals surface area contributed by atoms with Gasteiger partial charge in [-0.2, -0.15) is 0 Å². The molecule has 0 aromatic heterocycles. The van der Waals surface area contributed by atoms with Crippen molar-refractivity contribution in [2.75, 3.05) is 0 Å². The fourth-order valence-electron chi connectivity index (χ4n) is 2.27. The zero-order chi connectivity index (χ0) is 15.1. The summed E-state index contributed by atoms with van der Waals surface area (Å²) in [5.74, 6) is -0.401. The molecule has 2 rings (SSSR count). The number of nitrogens with two attached hydrogens (primary N) is 1. The van der Waals surface area contributed by atoms with Crippen molar-refractivity contribution in [3.8, 4) is 0 Å². The summed E-state index contributed by atoms with van der Waals surface area (Å²) < 4.78 is 12.0.